The Bertz CT molecular complexity index is 435. The van der Waals surface area contributed by atoms with Crippen LogP contribution in [-0.4, -0.2) is 40.9 Å². The van der Waals surface area contributed by atoms with Crippen LogP contribution in [0.4, 0.5) is 4.79 Å². The Balaban J connectivity index is 5.05. The Morgan fingerprint density at radius 3 is 1.54 bits per heavy atom. The fraction of sp³-hybridized carbons (Fsp3) is 0.824. The second kappa shape index (κ2) is 7.85. The summed E-state index contributed by atoms with van der Waals surface area (Å²) < 4.78 is 15.6. The molecule has 1 N–H and O–H groups in total. The zero-order valence-corrected chi connectivity index (χ0v) is 16.2. The van der Waals surface area contributed by atoms with Gasteiger partial charge in [-0.3, -0.25) is 4.79 Å². The molecule has 0 unspecified atom stereocenters. The summed E-state index contributed by atoms with van der Waals surface area (Å²) >= 11 is 0. The highest BCUT2D eigenvalue weighted by molar-refractivity contribution is 5.86. The average Bonchev–Trinajstić information content (AvgIpc) is 2.19. The van der Waals surface area contributed by atoms with Gasteiger partial charge < -0.3 is 19.5 Å². The second-order valence-electron chi connectivity index (χ2n) is 8.52. The Morgan fingerprint density at radius 2 is 1.17 bits per heavy atom. The number of esters is 2. The van der Waals surface area contributed by atoms with Crippen molar-refractivity contribution < 1.29 is 28.6 Å². The molecule has 1 amide bonds. The average molecular weight is 345 g/mol. The zero-order valence-electron chi connectivity index (χ0n) is 16.2. The van der Waals surface area contributed by atoms with Crippen molar-refractivity contribution in [3.63, 3.8) is 0 Å². The molecule has 0 spiro atoms. The van der Waals surface area contributed by atoms with Gasteiger partial charge in [-0.15, -0.1) is 0 Å². The van der Waals surface area contributed by atoms with E-state index in [0.29, 0.717) is 0 Å². The lowest BCUT2D eigenvalue weighted by atomic mass is 10.1. The molecule has 1 atom stereocenters. The van der Waals surface area contributed by atoms with Crippen molar-refractivity contribution in [2.24, 2.45) is 0 Å². The maximum atomic E-state index is 12.3. The summed E-state index contributed by atoms with van der Waals surface area (Å²) in [5, 5.41) is 2.38. The summed E-state index contributed by atoms with van der Waals surface area (Å²) in [6, 6.07) is -1.19. The molecule has 0 aliphatic heterocycles. The Labute approximate surface area is 144 Å². The minimum Gasteiger partial charge on any atom is -0.460 e. The minimum atomic E-state index is -1.19. The zero-order chi connectivity index (χ0) is 19.3. The molecule has 0 rings (SSSR count). The van der Waals surface area contributed by atoms with E-state index in [2.05, 4.69) is 5.32 Å². The van der Waals surface area contributed by atoms with Gasteiger partial charge >= 0.3 is 18.0 Å². The number of amides is 1. The van der Waals surface area contributed by atoms with E-state index in [4.69, 9.17) is 14.2 Å². The molecule has 24 heavy (non-hydrogen) atoms. The van der Waals surface area contributed by atoms with Gasteiger partial charge in [0.15, 0.2) is 0 Å². The lowest BCUT2D eigenvalue weighted by Crippen LogP contribution is -2.47. The predicted octanol–water partition coefficient (Wildman–Crippen LogP) is 2.95. The lowest BCUT2D eigenvalue weighted by Gasteiger charge is -2.27. The number of ether oxygens (including phenoxy) is 3. The molecule has 0 aliphatic rings. The first-order valence-electron chi connectivity index (χ1n) is 7.93. The van der Waals surface area contributed by atoms with Crippen molar-refractivity contribution in [2.75, 3.05) is 0 Å². The highest BCUT2D eigenvalue weighted by Crippen LogP contribution is 2.14. The summed E-state index contributed by atoms with van der Waals surface area (Å²) in [4.78, 5) is 36.2. The van der Waals surface area contributed by atoms with Crippen LogP contribution in [0.3, 0.4) is 0 Å². The molecule has 0 radical (unpaired) electrons. The van der Waals surface area contributed by atoms with E-state index in [1.807, 2.05) is 0 Å². The predicted molar refractivity (Wildman–Crippen MR) is 89.5 cm³/mol. The smallest absolute Gasteiger partial charge is 0.408 e. The largest absolute Gasteiger partial charge is 0.460 e. The summed E-state index contributed by atoms with van der Waals surface area (Å²) in [6.45, 7) is 15.3. The summed E-state index contributed by atoms with van der Waals surface area (Å²) in [6.07, 6.45) is -1.15. The van der Waals surface area contributed by atoms with Crippen LogP contribution in [0.5, 0.6) is 0 Å². The number of nitrogens with one attached hydrogen (secondary N) is 1. The number of carbonyl (C=O) groups is 3. The number of alkyl carbamates (subject to hydrolysis) is 1. The maximum Gasteiger partial charge on any atom is 0.408 e. The van der Waals surface area contributed by atoms with Crippen molar-refractivity contribution in [1.82, 2.24) is 5.32 Å². The molecule has 7 heteroatoms. The molecular formula is C17H31NO6. The third-order valence-electron chi connectivity index (χ3n) is 2.17. The standard InChI is InChI=1S/C17H31NO6/c1-15(2,3)22-12(19)10-11(13(20)23-16(4,5)6)18-14(21)24-17(7,8)9/h11H,10H2,1-9H3,(H,18,21)/t11-/m0/s1. The number of hydrogen-bond acceptors (Lipinski definition) is 6. The van der Waals surface area contributed by atoms with Crippen molar-refractivity contribution in [1.29, 1.82) is 0 Å². The third kappa shape index (κ3) is 11.7. The first kappa shape index (κ1) is 22.2. The van der Waals surface area contributed by atoms with Gasteiger partial charge in [-0.1, -0.05) is 0 Å². The molecule has 7 nitrogen and oxygen atoms in total. The molecule has 0 bridgehead atoms. The molecule has 0 saturated carbocycles. The third-order valence-corrected chi connectivity index (χ3v) is 2.17. The van der Waals surface area contributed by atoms with Crippen LogP contribution >= 0.6 is 0 Å². The molecule has 0 fully saturated rings. The highest BCUT2D eigenvalue weighted by atomic mass is 16.6. The summed E-state index contributed by atoms with van der Waals surface area (Å²) in [7, 11) is 0. The molecule has 0 aliphatic carbocycles. The van der Waals surface area contributed by atoms with Gasteiger partial charge in [0.05, 0.1) is 6.42 Å². The van der Waals surface area contributed by atoms with E-state index >= 15 is 0 Å². The van der Waals surface area contributed by atoms with Crippen LogP contribution in [0.2, 0.25) is 0 Å². The van der Waals surface area contributed by atoms with E-state index in [-0.39, 0.29) is 6.42 Å². The Morgan fingerprint density at radius 1 is 0.750 bits per heavy atom. The van der Waals surface area contributed by atoms with Gasteiger partial charge in [-0.2, -0.15) is 0 Å². The van der Waals surface area contributed by atoms with Gasteiger partial charge in [-0.05, 0) is 62.3 Å². The maximum absolute atomic E-state index is 12.3. The molecule has 0 aromatic rings. The molecule has 0 saturated heterocycles. The van der Waals surface area contributed by atoms with Gasteiger partial charge in [0.2, 0.25) is 0 Å². The number of carbonyl (C=O) groups excluding carboxylic acids is 3. The fourth-order valence-electron chi connectivity index (χ4n) is 1.57. The van der Waals surface area contributed by atoms with Crippen molar-refractivity contribution in [3.05, 3.63) is 0 Å². The first-order valence-corrected chi connectivity index (χ1v) is 7.93. The molecule has 0 aromatic heterocycles. The van der Waals surface area contributed by atoms with Crippen LogP contribution in [0.1, 0.15) is 68.7 Å². The molecule has 140 valence electrons. The quantitative estimate of drug-likeness (QED) is 0.622. The van der Waals surface area contributed by atoms with Crippen LogP contribution in [0.15, 0.2) is 0 Å². The fourth-order valence-corrected chi connectivity index (χ4v) is 1.57. The highest BCUT2D eigenvalue weighted by Gasteiger charge is 2.32. The van der Waals surface area contributed by atoms with Crippen LogP contribution < -0.4 is 5.32 Å². The SMILES string of the molecule is CC(C)(C)OC(=O)C[C@H](NC(=O)OC(C)(C)C)C(=O)OC(C)(C)C. The van der Waals surface area contributed by atoms with E-state index in [1.165, 1.54) is 0 Å². The summed E-state index contributed by atoms with van der Waals surface area (Å²) in [5.74, 6) is -1.34. The van der Waals surface area contributed by atoms with Crippen molar-refractivity contribution >= 4 is 18.0 Å². The Hall–Kier alpha value is -1.79. The van der Waals surface area contributed by atoms with E-state index in [9.17, 15) is 14.4 Å². The van der Waals surface area contributed by atoms with Crippen molar-refractivity contribution in [3.8, 4) is 0 Å². The normalized spacial score (nSPS) is 13.7. The van der Waals surface area contributed by atoms with Gasteiger partial charge in [0, 0.05) is 0 Å². The van der Waals surface area contributed by atoms with Gasteiger partial charge in [-0.25, -0.2) is 9.59 Å². The lowest BCUT2D eigenvalue weighted by molar-refractivity contribution is -0.164. The summed E-state index contributed by atoms with van der Waals surface area (Å²) in [5.41, 5.74) is -2.17. The first-order chi connectivity index (χ1) is 10.5. The van der Waals surface area contributed by atoms with Crippen LogP contribution in [-0.2, 0) is 23.8 Å². The van der Waals surface area contributed by atoms with Gasteiger partial charge in [0.25, 0.3) is 0 Å². The minimum absolute atomic E-state index is 0.342. The van der Waals surface area contributed by atoms with Crippen LogP contribution in [0.25, 0.3) is 0 Å². The van der Waals surface area contributed by atoms with Crippen molar-refractivity contribution in [2.45, 2.75) is 91.6 Å². The molecular weight excluding hydrogens is 314 g/mol. The topological polar surface area (TPSA) is 90.9 Å². The van der Waals surface area contributed by atoms with Crippen LogP contribution in [0, 0.1) is 0 Å². The van der Waals surface area contributed by atoms with E-state index < -0.39 is 40.9 Å². The van der Waals surface area contributed by atoms with E-state index in [1.54, 1.807) is 62.3 Å². The number of rotatable bonds is 4. The molecule has 0 aromatic carbocycles. The Kier molecular flexibility index (Phi) is 7.27. The van der Waals surface area contributed by atoms with Gasteiger partial charge in [0.1, 0.15) is 22.8 Å². The molecule has 0 heterocycles. The monoisotopic (exact) mass is 345 g/mol. The van der Waals surface area contributed by atoms with E-state index in [0.717, 1.165) is 0 Å². The second-order valence-corrected chi connectivity index (χ2v) is 8.52. The number of hydrogen-bond donors (Lipinski definition) is 1.